The number of amides is 4. The van der Waals surface area contributed by atoms with Crippen LogP contribution in [0, 0.1) is 5.92 Å². The van der Waals surface area contributed by atoms with Gasteiger partial charge < -0.3 is 10.6 Å². The minimum absolute atomic E-state index is 0.186. The first-order chi connectivity index (χ1) is 9.95. The van der Waals surface area contributed by atoms with E-state index in [4.69, 9.17) is 11.6 Å². The summed E-state index contributed by atoms with van der Waals surface area (Å²) >= 11 is 5.76. The van der Waals surface area contributed by atoms with Crippen LogP contribution in [-0.2, 0) is 9.59 Å². The van der Waals surface area contributed by atoms with E-state index in [1.165, 1.54) is 0 Å². The van der Waals surface area contributed by atoms with E-state index in [1.54, 1.807) is 31.2 Å². The number of hydrogen-bond acceptors (Lipinski definition) is 3. The lowest BCUT2D eigenvalue weighted by atomic mass is 9.93. The average Bonchev–Trinajstić information content (AvgIpc) is 2.40. The molecule has 3 N–H and O–H groups in total. The Hall–Kier alpha value is -2.08. The molecule has 2 atom stereocenters. The van der Waals surface area contributed by atoms with Crippen molar-refractivity contribution >= 4 is 35.1 Å². The number of rotatable bonds is 4. The molecule has 0 aromatic heterocycles. The molecule has 0 spiro atoms. The van der Waals surface area contributed by atoms with Crippen molar-refractivity contribution in [2.75, 3.05) is 5.32 Å². The van der Waals surface area contributed by atoms with Gasteiger partial charge in [-0.1, -0.05) is 11.6 Å². The first-order valence-electron chi connectivity index (χ1n) is 6.62. The van der Waals surface area contributed by atoms with E-state index in [2.05, 4.69) is 16.0 Å². The Labute approximate surface area is 127 Å². The van der Waals surface area contributed by atoms with Crippen molar-refractivity contribution in [1.29, 1.82) is 0 Å². The molecule has 4 amide bonds. The highest BCUT2D eigenvalue weighted by molar-refractivity contribution is 6.30. The summed E-state index contributed by atoms with van der Waals surface area (Å²) in [6.07, 6.45) is 0.563. The van der Waals surface area contributed by atoms with Gasteiger partial charge in [0.25, 0.3) is 0 Å². The third kappa shape index (κ3) is 4.19. The van der Waals surface area contributed by atoms with Crippen molar-refractivity contribution in [1.82, 2.24) is 10.6 Å². The van der Waals surface area contributed by atoms with Crippen LogP contribution < -0.4 is 16.0 Å². The number of urea groups is 1. The summed E-state index contributed by atoms with van der Waals surface area (Å²) in [5.41, 5.74) is 0.652. The first kappa shape index (κ1) is 15.3. The molecule has 0 bridgehead atoms. The molecule has 1 heterocycles. The quantitative estimate of drug-likeness (QED) is 0.794. The van der Waals surface area contributed by atoms with E-state index in [1.807, 2.05) is 0 Å². The third-order valence-corrected chi connectivity index (χ3v) is 3.60. The number of carbonyl (C=O) groups is 3. The molecule has 2 unspecified atom stereocenters. The van der Waals surface area contributed by atoms with Crippen LogP contribution in [0.1, 0.15) is 19.8 Å². The summed E-state index contributed by atoms with van der Waals surface area (Å²) in [7, 11) is 0. The van der Waals surface area contributed by atoms with E-state index in [9.17, 15) is 14.4 Å². The number of halogens is 1. The van der Waals surface area contributed by atoms with E-state index in [0.717, 1.165) is 0 Å². The molecular weight excluding hydrogens is 294 g/mol. The Morgan fingerprint density at radius 2 is 1.95 bits per heavy atom. The average molecular weight is 310 g/mol. The number of anilines is 1. The molecule has 1 fully saturated rings. The lowest BCUT2D eigenvalue weighted by molar-refractivity contribution is -0.126. The Bertz CT molecular complexity index is 559. The van der Waals surface area contributed by atoms with Crippen molar-refractivity contribution < 1.29 is 14.4 Å². The highest BCUT2D eigenvalue weighted by Gasteiger charge is 2.32. The van der Waals surface area contributed by atoms with Gasteiger partial charge in [-0.05, 0) is 37.6 Å². The third-order valence-electron chi connectivity index (χ3n) is 3.35. The van der Waals surface area contributed by atoms with Crippen LogP contribution in [0.4, 0.5) is 10.5 Å². The summed E-state index contributed by atoms with van der Waals surface area (Å²) in [4.78, 5) is 34.7. The van der Waals surface area contributed by atoms with Gasteiger partial charge in [0.2, 0.25) is 11.8 Å². The molecule has 0 aliphatic carbocycles. The minimum atomic E-state index is -0.491. The largest absolute Gasteiger partial charge is 0.335 e. The molecule has 112 valence electrons. The maximum absolute atomic E-state index is 11.9. The lowest BCUT2D eigenvalue weighted by Gasteiger charge is -2.28. The van der Waals surface area contributed by atoms with Gasteiger partial charge >= 0.3 is 6.03 Å². The highest BCUT2D eigenvalue weighted by Crippen LogP contribution is 2.17. The van der Waals surface area contributed by atoms with Crippen molar-refractivity contribution in [2.45, 2.75) is 25.8 Å². The molecule has 6 nitrogen and oxygen atoms in total. The minimum Gasteiger partial charge on any atom is -0.335 e. The number of nitrogens with one attached hydrogen (secondary N) is 3. The van der Waals surface area contributed by atoms with Gasteiger partial charge in [0.15, 0.2) is 0 Å². The van der Waals surface area contributed by atoms with Crippen LogP contribution in [0.25, 0.3) is 0 Å². The maximum atomic E-state index is 11.9. The zero-order valence-electron chi connectivity index (χ0n) is 11.5. The zero-order chi connectivity index (χ0) is 15.4. The summed E-state index contributed by atoms with van der Waals surface area (Å²) in [5, 5.41) is 8.15. The molecule has 2 rings (SSSR count). The van der Waals surface area contributed by atoms with Gasteiger partial charge in [-0.3, -0.25) is 14.9 Å². The maximum Gasteiger partial charge on any atom is 0.321 e. The van der Waals surface area contributed by atoms with Crippen molar-refractivity contribution in [3.63, 3.8) is 0 Å². The molecule has 1 aliphatic heterocycles. The van der Waals surface area contributed by atoms with Gasteiger partial charge in [0, 0.05) is 23.2 Å². The van der Waals surface area contributed by atoms with Crippen LogP contribution >= 0.6 is 11.6 Å². The van der Waals surface area contributed by atoms with Crippen molar-refractivity contribution in [2.24, 2.45) is 5.92 Å². The normalized spacial score (nSPS) is 21.4. The van der Waals surface area contributed by atoms with Crippen LogP contribution in [0.3, 0.4) is 0 Å². The predicted octanol–water partition coefficient (Wildman–Crippen LogP) is 1.90. The smallest absolute Gasteiger partial charge is 0.321 e. The lowest BCUT2D eigenvalue weighted by Crippen LogP contribution is -2.57. The van der Waals surface area contributed by atoms with Gasteiger partial charge in [-0.25, -0.2) is 4.79 Å². The van der Waals surface area contributed by atoms with Crippen LogP contribution in [0.2, 0.25) is 5.02 Å². The Kier molecular flexibility index (Phi) is 4.80. The molecule has 0 radical (unpaired) electrons. The standard InChI is InChI=1S/C14H16ClN3O3/c1-8-11(13(20)18-14(21)16-8)6-7-12(19)17-10-4-2-9(15)3-5-10/h2-5,8,11H,6-7H2,1H3,(H,17,19)(H2,16,18,20,21). The molecule has 7 heteroatoms. The number of benzene rings is 1. The molecule has 0 saturated carbocycles. The first-order valence-corrected chi connectivity index (χ1v) is 7.00. The molecule has 21 heavy (non-hydrogen) atoms. The summed E-state index contributed by atoms with van der Waals surface area (Å²) in [6.45, 7) is 1.75. The van der Waals surface area contributed by atoms with Crippen LogP contribution in [-0.4, -0.2) is 23.9 Å². The van der Waals surface area contributed by atoms with Crippen molar-refractivity contribution in [3.05, 3.63) is 29.3 Å². The van der Waals surface area contributed by atoms with Crippen LogP contribution in [0.5, 0.6) is 0 Å². The Morgan fingerprint density at radius 1 is 1.29 bits per heavy atom. The fourth-order valence-electron chi connectivity index (χ4n) is 2.20. The second-order valence-corrected chi connectivity index (χ2v) is 5.39. The van der Waals surface area contributed by atoms with Gasteiger partial charge in [-0.15, -0.1) is 0 Å². The van der Waals surface area contributed by atoms with Gasteiger partial charge in [0.05, 0.1) is 5.92 Å². The second kappa shape index (κ2) is 6.58. The van der Waals surface area contributed by atoms with Gasteiger partial charge in [-0.2, -0.15) is 0 Å². The monoisotopic (exact) mass is 309 g/mol. The summed E-state index contributed by atoms with van der Waals surface area (Å²) in [6, 6.07) is 6.00. The van der Waals surface area contributed by atoms with E-state index >= 15 is 0 Å². The second-order valence-electron chi connectivity index (χ2n) is 4.95. The molecular formula is C14H16ClN3O3. The molecule has 1 aromatic rings. The zero-order valence-corrected chi connectivity index (χ0v) is 12.2. The van der Waals surface area contributed by atoms with E-state index in [0.29, 0.717) is 17.1 Å². The SMILES string of the molecule is CC1NC(=O)NC(=O)C1CCC(=O)Nc1ccc(Cl)cc1. The predicted molar refractivity (Wildman–Crippen MR) is 78.9 cm³/mol. The van der Waals surface area contributed by atoms with Gasteiger partial charge in [0.1, 0.15) is 0 Å². The summed E-state index contributed by atoms with van der Waals surface area (Å²) < 4.78 is 0. The molecule has 1 aliphatic rings. The molecule has 1 aromatic carbocycles. The Balaban J connectivity index is 1.84. The van der Waals surface area contributed by atoms with E-state index < -0.39 is 11.9 Å². The van der Waals surface area contributed by atoms with E-state index in [-0.39, 0.29) is 24.3 Å². The summed E-state index contributed by atoms with van der Waals surface area (Å²) in [5.74, 6) is -0.932. The van der Waals surface area contributed by atoms with Crippen LogP contribution in [0.15, 0.2) is 24.3 Å². The number of carbonyl (C=O) groups excluding carboxylic acids is 3. The van der Waals surface area contributed by atoms with Crippen molar-refractivity contribution in [3.8, 4) is 0 Å². The number of imide groups is 1. The number of hydrogen-bond donors (Lipinski definition) is 3. The fourth-order valence-corrected chi connectivity index (χ4v) is 2.33. The Morgan fingerprint density at radius 3 is 2.57 bits per heavy atom. The highest BCUT2D eigenvalue weighted by atomic mass is 35.5. The molecule has 1 saturated heterocycles. The fraction of sp³-hybridized carbons (Fsp3) is 0.357. The topological polar surface area (TPSA) is 87.3 Å².